The normalized spacial score (nSPS) is 18.8. The highest BCUT2D eigenvalue weighted by Gasteiger charge is 2.23. The lowest BCUT2D eigenvalue weighted by Crippen LogP contribution is -2.10. The van der Waals surface area contributed by atoms with E-state index in [0.29, 0.717) is 6.42 Å². The van der Waals surface area contributed by atoms with Crippen molar-refractivity contribution >= 4 is 11.6 Å². The van der Waals surface area contributed by atoms with Crippen molar-refractivity contribution in [1.82, 2.24) is 0 Å². The number of hydrogen-bond acceptors (Lipinski definition) is 2. The Bertz CT molecular complexity index is 500. The van der Waals surface area contributed by atoms with Crippen LogP contribution in [0.25, 0.3) is 5.70 Å². The van der Waals surface area contributed by atoms with E-state index in [1.807, 2.05) is 12.1 Å². The van der Waals surface area contributed by atoms with E-state index in [0.717, 1.165) is 29.7 Å². The number of amides is 1. The lowest BCUT2D eigenvalue weighted by atomic mass is 9.87. The van der Waals surface area contributed by atoms with Crippen LogP contribution in [-0.4, -0.2) is 5.91 Å². The zero-order valence-corrected chi connectivity index (χ0v) is 8.23. The summed E-state index contributed by atoms with van der Waals surface area (Å²) in [7, 11) is 0. The van der Waals surface area contributed by atoms with Crippen LogP contribution in [0.2, 0.25) is 0 Å². The van der Waals surface area contributed by atoms with Crippen LogP contribution in [0.5, 0.6) is 0 Å². The Morgan fingerprint density at radius 3 is 2.87 bits per heavy atom. The second-order valence-corrected chi connectivity index (χ2v) is 3.88. The zero-order chi connectivity index (χ0) is 10.3. The number of nitrogens with zero attached hydrogens (tertiary/aromatic N) is 2. The summed E-state index contributed by atoms with van der Waals surface area (Å²) in [6.45, 7) is 0. The summed E-state index contributed by atoms with van der Waals surface area (Å²) in [5.74, 6) is -0.117. The topological polar surface area (TPSA) is 41.8 Å². The molecule has 1 amide bonds. The van der Waals surface area contributed by atoms with E-state index < -0.39 is 0 Å². The number of benzene rings is 1. The molecule has 0 saturated carbocycles. The van der Waals surface area contributed by atoms with Gasteiger partial charge in [-0.15, -0.1) is 10.2 Å². The first-order valence-electron chi connectivity index (χ1n) is 5.09. The van der Waals surface area contributed by atoms with Gasteiger partial charge in [-0.25, -0.2) is 0 Å². The van der Waals surface area contributed by atoms with E-state index in [-0.39, 0.29) is 5.91 Å². The number of carbonyl (C=O) groups excluding carboxylic acids is 1. The van der Waals surface area contributed by atoms with Crippen LogP contribution >= 0.6 is 0 Å². The van der Waals surface area contributed by atoms with E-state index in [1.165, 1.54) is 5.56 Å². The van der Waals surface area contributed by atoms with Crippen molar-refractivity contribution in [1.29, 1.82) is 0 Å². The Hall–Kier alpha value is -1.77. The van der Waals surface area contributed by atoms with Crippen molar-refractivity contribution in [2.45, 2.75) is 19.3 Å². The third-order valence-corrected chi connectivity index (χ3v) is 2.93. The van der Waals surface area contributed by atoms with Crippen LogP contribution in [0.1, 0.15) is 24.0 Å². The molecular weight excluding hydrogens is 188 g/mol. The average molecular weight is 198 g/mol. The SMILES string of the molecule is O=C1CC2=C(N=N1)c1ccccc1CC2. The molecule has 3 rings (SSSR count). The quantitative estimate of drug-likeness (QED) is 0.632. The first-order chi connectivity index (χ1) is 7.34. The molecule has 3 nitrogen and oxygen atoms in total. The molecule has 0 radical (unpaired) electrons. The molecule has 0 atom stereocenters. The molecule has 1 heterocycles. The van der Waals surface area contributed by atoms with Crippen LogP contribution in [0, 0.1) is 0 Å². The molecule has 1 aromatic rings. The van der Waals surface area contributed by atoms with Crippen LogP contribution in [0.4, 0.5) is 0 Å². The predicted molar refractivity (Wildman–Crippen MR) is 56.2 cm³/mol. The second-order valence-electron chi connectivity index (χ2n) is 3.88. The summed E-state index contributed by atoms with van der Waals surface area (Å²) >= 11 is 0. The van der Waals surface area contributed by atoms with Gasteiger partial charge in [0.25, 0.3) is 5.91 Å². The minimum absolute atomic E-state index is 0.117. The molecule has 0 fully saturated rings. The maximum atomic E-state index is 11.1. The van der Waals surface area contributed by atoms with Gasteiger partial charge in [-0.3, -0.25) is 4.79 Å². The number of azo groups is 1. The molecule has 2 aliphatic rings. The fraction of sp³-hybridized carbons (Fsp3) is 0.250. The van der Waals surface area contributed by atoms with Crippen molar-refractivity contribution in [3.63, 3.8) is 0 Å². The molecule has 0 spiro atoms. The second kappa shape index (κ2) is 3.12. The molecule has 0 bridgehead atoms. The first kappa shape index (κ1) is 8.53. The zero-order valence-electron chi connectivity index (χ0n) is 8.23. The summed E-state index contributed by atoms with van der Waals surface area (Å²) < 4.78 is 0. The molecule has 3 heteroatoms. The fourth-order valence-corrected chi connectivity index (χ4v) is 2.18. The van der Waals surface area contributed by atoms with E-state index in [4.69, 9.17) is 0 Å². The number of hydrogen-bond donors (Lipinski definition) is 0. The number of rotatable bonds is 0. The highest BCUT2D eigenvalue weighted by molar-refractivity contribution is 5.86. The molecule has 0 saturated heterocycles. The molecule has 74 valence electrons. The molecule has 1 aliphatic heterocycles. The average Bonchev–Trinajstić information content (AvgIpc) is 2.28. The first-order valence-corrected chi connectivity index (χ1v) is 5.09. The van der Waals surface area contributed by atoms with Gasteiger partial charge < -0.3 is 0 Å². The molecule has 15 heavy (non-hydrogen) atoms. The molecule has 1 aliphatic carbocycles. The van der Waals surface area contributed by atoms with E-state index in [2.05, 4.69) is 22.4 Å². The van der Waals surface area contributed by atoms with Crippen molar-refractivity contribution in [3.05, 3.63) is 41.0 Å². The molecule has 1 aromatic carbocycles. The van der Waals surface area contributed by atoms with Crippen LogP contribution in [0.3, 0.4) is 0 Å². The number of fused-ring (bicyclic) bond motifs is 2. The minimum atomic E-state index is -0.117. The summed E-state index contributed by atoms with van der Waals surface area (Å²) in [6, 6.07) is 8.21. The van der Waals surface area contributed by atoms with Gasteiger partial charge in [0.15, 0.2) is 0 Å². The number of aryl methyl sites for hydroxylation is 1. The van der Waals surface area contributed by atoms with Crippen molar-refractivity contribution in [3.8, 4) is 0 Å². The third-order valence-electron chi connectivity index (χ3n) is 2.93. The van der Waals surface area contributed by atoms with E-state index in [9.17, 15) is 4.79 Å². The Morgan fingerprint density at radius 2 is 1.93 bits per heavy atom. The summed E-state index contributed by atoms with van der Waals surface area (Å²) in [5, 5.41) is 7.67. The van der Waals surface area contributed by atoms with Gasteiger partial charge in [0.05, 0.1) is 12.1 Å². The van der Waals surface area contributed by atoms with Crippen molar-refractivity contribution < 1.29 is 4.79 Å². The van der Waals surface area contributed by atoms with Gasteiger partial charge in [-0.1, -0.05) is 24.3 Å². The third kappa shape index (κ3) is 1.31. The summed E-state index contributed by atoms with van der Waals surface area (Å²) in [4.78, 5) is 11.1. The molecule has 0 N–H and O–H groups in total. The highest BCUT2D eigenvalue weighted by atomic mass is 16.1. The van der Waals surface area contributed by atoms with Crippen molar-refractivity contribution in [2.24, 2.45) is 10.2 Å². The summed E-state index contributed by atoms with van der Waals surface area (Å²) in [6.07, 6.45) is 2.40. The molecule has 0 aromatic heterocycles. The predicted octanol–water partition coefficient (Wildman–Crippen LogP) is 2.73. The highest BCUT2D eigenvalue weighted by Crippen LogP contribution is 2.35. The fourth-order valence-electron chi connectivity index (χ4n) is 2.18. The maximum absolute atomic E-state index is 11.1. The lowest BCUT2D eigenvalue weighted by Gasteiger charge is -2.21. The van der Waals surface area contributed by atoms with E-state index in [1.54, 1.807) is 0 Å². The number of carbonyl (C=O) groups is 1. The van der Waals surface area contributed by atoms with Crippen LogP contribution < -0.4 is 0 Å². The monoisotopic (exact) mass is 198 g/mol. The van der Waals surface area contributed by atoms with Gasteiger partial charge in [-0.05, 0) is 24.0 Å². The Labute approximate surface area is 87.5 Å². The van der Waals surface area contributed by atoms with Gasteiger partial charge in [-0.2, -0.15) is 0 Å². The minimum Gasteiger partial charge on any atom is -0.271 e. The van der Waals surface area contributed by atoms with E-state index >= 15 is 0 Å². The van der Waals surface area contributed by atoms with Gasteiger partial charge in [0, 0.05) is 5.56 Å². The standard InChI is InChI=1S/C12H10N2O/c15-11-7-9-6-5-8-3-1-2-4-10(8)12(9)14-13-11/h1-4H,5-7H2. The van der Waals surface area contributed by atoms with Gasteiger partial charge in [0.2, 0.25) is 0 Å². The Morgan fingerprint density at radius 1 is 1.07 bits per heavy atom. The lowest BCUT2D eigenvalue weighted by molar-refractivity contribution is -0.117. The van der Waals surface area contributed by atoms with Gasteiger partial charge >= 0.3 is 0 Å². The molecular formula is C12H10N2O. The molecule has 0 unspecified atom stereocenters. The van der Waals surface area contributed by atoms with Crippen LogP contribution in [0.15, 0.2) is 40.1 Å². The largest absolute Gasteiger partial charge is 0.271 e. The van der Waals surface area contributed by atoms with Crippen molar-refractivity contribution in [2.75, 3.05) is 0 Å². The van der Waals surface area contributed by atoms with Crippen LogP contribution in [-0.2, 0) is 11.2 Å². The summed E-state index contributed by atoms with van der Waals surface area (Å²) in [5.41, 5.74) is 4.53. The Kier molecular flexibility index (Phi) is 1.78. The smallest absolute Gasteiger partial charge is 0.268 e. The maximum Gasteiger partial charge on any atom is 0.268 e. The van der Waals surface area contributed by atoms with Gasteiger partial charge in [0.1, 0.15) is 0 Å². The Balaban J connectivity index is 2.16.